The number of hydrogen-bond donors (Lipinski definition) is 2. The Hall–Kier alpha value is -2.97. The standard InChI is InChI=1S/C23H24N2O4S2/c26-22(24-15-7-11-18-9-3-1-4-10-18)23(27)25-17-21(20-14-8-16-30-20)31(28,29)19-12-5-2-6-13-19/h1-6,8-10,12-14,16,21H,7,11,15,17H2,(H,24,26)(H,25,27)/t21-/m0/s1. The number of rotatable bonds is 9. The number of thiophene rings is 1. The van der Waals surface area contributed by atoms with E-state index in [1.54, 1.807) is 35.7 Å². The average Bonchev–Trinajstić information content (AvgIpc) is 3.32. The zero-order valence-corrected chi connectivity index (χ0v) is 18.5. The Morgan fingerprint density at radius 2 is 1.48 bits per heavy atom. The summed E-state index contributed by atoms with van der Waals surface area (Å²) in [6.07, 6.45) is 1.49. The number of nitrogens with one attached hydrogen (secondary N) is 2. The van der Waals surface area contributed by atoms with Crippen LogP contribution in [0.5, 0.6) is 0 Å². The summed E-state index contributed by atoms with van der Waals surface area (Å²) in [7, 11) is -3.73. The molecule has 1 atom stereocenters. The number of carbonyl (C=O) groups is 2. The van der Waals surface area contributed by atoms with E-state index >= 15 is 0 Å². The number of carbonyl (C=O) groups excluding carboxylic acids is 2. The first kappa shape index (κ1) is 22.7. The van der Waals surface area contributed by atoms with E-state index in [1.165, 1.54) is 23.5 Å². The zero-order chi connectivity index (χ0) is 22.1. The highest BCUT2D eigenvalue weighted by atomic mass is 32.2. The third-order valence-corrected chi connectivity index (χ3v) is 7.97. The van der Waals surface area contributed by atoms with Gasteiger partial charge >= 0.3 is 11.8 Å². The minimum atomic E-state index is -3.73. The third kappa shape index (κ3) is 6.26. The maximum atomic E-state index is 13.1. The van der Waals surface area contributed by atoms with Gasteiger partial charge in [-0.3, -0.25) is 9.59 Å². The van der Waals surface area contributed by atoms with Gasteiger partial charge in [0.1, 0.15) is 5.25 Å². The molecule has 0 unspecified atom stereocenters. The molecule has 0 radical (unpaired) electrons. The molecule has 2 aromatic carbocycles. The summed E-state index contributed by atoms with van der Waals surface area (Å²) >= 11 is 1.30. The first-order valence-corrected chi connectivity index (χ1v) is 12.3. The first-order valence-electron chi connectivity index (χ1n) is 9.91. The molecule has 2 amide bonds. The molecular weight excluding hydrogens is 432 g/mol. The van der Waals surface area contributed by atoms with Crippen molar-refractivity contribution in [3.63, 3.8) is 0 Å². The highest BCUT2D eigenvalue weighted by molar-refractivity contribution is 7.91. The SMILES string of the molecule is O=C(NCCCc1ccccc1)C(=O)NC[C@@H](c1cccs1)S(=O)(=O)c1ccccc1. The van der Waals surface area contributed by atoms with E-state index in [-0.39, 0.29) is 11.4 Å². The van der Waals surface area contributed by atoms with Crippen LogP contribution in [0.3, 0.4) is 0 Å². The lowest BCUT2D eigenvalue weighted by molar-refractivity contribution is -0.139. The van der Waals surface area contributed by atoms with Crippen LogP contribution in [0.25, 0.3) is 0 Å². The van der Waals surface area contributed by atoms with E-state index in [0.29, 0.717) is 17.8 Å². The molecule has 0 bridgehead atoms. The summed E-state index contributed by atoms with van der Waals surface area (Å²) in [6.45, 7) is 0.172. The van der Waals surface area contributed by atoms with E-state index in [0.717, 1.165) is 12.0 Å². The summed E-state index contributed by atoms with van der Waals surface area (Å²) in [5.74, 6) is -1.61. The van der Waals surface area contributed by atoms with E-state index in [2.05, 4.69) is 10.6 Å². The molecule has 8 heteroatoms. The summed E-state index contributed by atoms with van der Waals surface area (Å²) in [5.41, 5.74) is 1.16. The molecule has 162 valence electrons. The van der Waals surface area contributed by atoms with Gasteiger partial charge in [0.05, 0.1) is 4.90 Å². The smallest absolute Gasteiger partial charge is 0.309 e. The van der Waals surface area contributed by atoms with Gasteiger partial charge in [0.25, 0.3) is 0 Å². The molecule has 0 aliphatic rings. The summed E-state index contributed by atoms with van der Waals surface area (Å²) in [6, 6.07) is 21.4. The van der Waals surface area contributed by atoms with Crippen LogP contribution < -0.4 is 10.6 Å². The maximum Gasteiger partial charge on any atom is 0.309 e. The van der Waals surface area contributed by atoms with Crippen molar-refractivity contribution in [1.29, 1.82) is 0 Å². The quantitative estimate of drug-likeness (QED) is 0.382. The highest BCUT2D eigenvalue weighted by Crippen LogP contribution is 2.31. The Balaban J connectivity index is 1.56. The number of hydrogen-bond acceptors (Lipinski definition) is 5. The second-order valence-corrected chi connectivity index (χ2v) is 10.0. The fraction of sp³-hybridized carbons (Fsp3) is 0.217. The second kappa shape index (κ2) is 10.9. The fourth-order valence-electron chi connectivity index (χ4n) is 3.10. The van der Waals surface area contributed by atoms with Gasteiger partial charge in [-0.15, -0.1) is 11.3 Å². The van der Waals surface area contributed by atoms with Crippen molar-refractivity contribution in [3.05, 3.63) is 88.6 Å². The van der Waals surface area contributed by atoms with Gasteiger partial charge in [-0.1, -0.05) is 54.6 Å². The Morgan fingerprint density at radius 3 is 2.13 bits per heavy atom. The fourth-order valence-corrected chi connectivity index (χ4v) is 5.90. The molecule has 3 aromatic rings. The molecule has 0 aliphatic carbocycles. The monoisotopic (exact) mass is 456 g/mol. The van der Waals surface area contributed by atoms with Crippen LogP contribution in [-0.2, 0) is 25.8 Å². The van der Waals surface area contributed by atoms with Crippen LogP contribution in [0.4, 0.5) is 0 Å². The molecule has 1 aromatic heterocycles. The molecule has 0 aliphatic heterocycles. The molecule has 31 heavy (non-hydrogen) atoms. The number of amides is 2. The molecule has 6 nitrogen and oxygen atoms in total. The number of aryl methyl sites for hydroxylation is 1. The van der Waals surface area contributed by atoms with Crippen molar-refractivity contribution in [3.8, 4) is 0 Å². The van der Waals surface area contributed by atoms with Crippen LogP contribution in [0.1, 0.15) is 22.1 Å². The van der Waals surface area contributed by atoms with Gasteiger partial charge < -0.3 is 10.6 Å². The predicted molar refractivity (Wildman–Crippen MR) is 121 cm³/mol. The lowest BCUT2D eigenvalue weighted by Crippen LogP contribution is -2.42. The van der Waals surface area contributed by atoms with Gasteiger partial charge in [-0.05, 0) is 42.0 Å². The molecule has 0 spiro atoms. The number of benzene rings is 2. The predicted octanol–water partition coefficient (Wildman–Crippen LogP) is 3.13. The maximum absolute atomic E-state index is 13.1. The van der Waals surface area contributed by atoms with Crippen LogP contribution in [0.2, 0.25) is 0 Å². The van der Waals surface area contributed by atoms with Gasteiger partial charge in [0, 0.05) is 18.0 Å². The molecule has 0 fully saturated rings. The topological polar surface area (TPSA) is 92.3 Å². The van der Waals surface area contributed by atoms with Crippen molar-refractivity contribution in [1.82, 2.24) is 10.6 Å². The molecule has 1 heterocycles. The molecule has 2 N–H and O–H groups in total. The minimum absolute atomic E-state index is 0.174. The van der Waals surface area contributed by atoms with Crippen LogP contribution in [-0.4, -0.2) is 33.3 Å². The normalized spacial score (nSPS) is 12.1. The third-order valence-electron chi connectivity index (χ3n) is 4.73. The zero-order valence-electron chi connectivity index (χ0n) is 16.9. The van der Waals surface area contributed by atoms with Crippen molar-refractivity contribution in [2.24, 2.45) is 0 Å². The van der Waals surface area contributed by atoms with E-state index < -0.39 is 26.9 Å². The van der Waals surface area contributed by atoms with Gasteiger partial charge in [-0.2, -0.15) is 0 Å². The van der Waals surface area contributed by atoms with Crippen molar-refractivity contribution >= 4 is 33.0 Å². The first-order chi connectivity index (χ1) is 15.0. The van der Waals surface area contributed by atoms with Crippen LogP contribution >= 0.6 is 11.3 Å². The Kier molecular flexibility index (Phi) is 7.97. The van der Waals surface area contributed by atoms with Gasteiger partial charge in [0.2, 0.25) is 0 Å². The van der Waals surface area contributed by atoms with Crippen LogP contribution in [0.15, 0.2) is 83.1 Å². The molecule has 0 saturated carbocycles. The molecule has 0 saturated heterocycles. The van der Waals surface area contributed by atoms with E-state index in [4.69, 9.17) is 0 Å². The largest absolute Gasteiger partial charge is 0.348 e. The van der Waals surface area contributed by atoms with Crippen molar-refractivity contribution < 1.29 is 18.0 Å². The molecular formula is C23H24N2O4S2. The lowest BCUT2D eigenvalue weighted by Gasteiger charge is -2.17. The van der Waals surface area contributed by atoms with Crippen molar-refractivity contribution in [2.75, 3.05) is 13.1 Å². The Labute approximate surface area is 186 Å². The summed E-state index contributed by atoms with van der Waals surface area (Å²) < 4.78 is 26.2. The minimum Gasteiger partial charge on any atom is -0.348 e. The second-order valence-electron chi connectivity index (χ2n) is 6.92. The van der Waals surface area contributed by atoms with Gasteiger partial charge in [-0.25, -0.2) is 8.42 Å². The number of sulfone groups is 1. The summed E-state index contributed by atoms with van der Waals surface area (Å²) in [4.78, 5) is 25.1. The molecule has 3 rings (SSSR count). The Morgan fingerprint density at radius 1 is 0.839 bits per heavy atom. The lowest BCUT2D eigenvalue weighted by atomic mass is 10.1. The van der Waals surface area contributed by atoms with Gasteiger partial charge in [0.15, 0.2) is 9.84 Å². The van der Waals surface area contributed by atoms with E-state index in [1.807, 2.05) is 30.3 Å². The highest BCUT2D eigenvalue weighted by Gasteiger charge is 2.31. The van der Waals surface area contributed by atoms with E-state index in [9.17, 15) is 18.0 Å². The average molecular weight is 457 g/mol. The van der Waals surface area contributed by atoms with Crippen molar-refractivity contribution in [2.45, 2.75) is 23.0 Å². The Bertz CT molecular complexity index is 1080. The summed E-state index contributed by atoms with van der Waals surface area (Å²) in [5, 5.41) is 5.88. The van der Waals surface area contributed by atoms with Crippen LogP contribution in [0, 0.1) is 0 Å².